The van der Waals surface area contributed by atoms with Crippen molar-refractivity contribution in [3.63, 3.8) is 0 Å². The maximum Gasteiger partial charge on any atom is 0.314 e. The maximum atomic E-state index is 11.8. The molecule has 1 N–H and O–H groups in total. The molecule has 1 aromatic carbocycles. The summed E-state index contributed by atoms with van der Waals surface area (Å²) in [5.41, 5.74) is 3.86. The van der Waals surface area contributed by atoms with Crippen LogP contribution in [-0.2, 0) is 14.3 Å². The van der Waals surface area contributed by atoms with Gasteiger partial charge in [0.1, 0.15) is 5.75 Å². The smallest absolute Gasteiger partial charge is 0.314 e. The Hall–Kier alpha value is -2.37. The van der Waals surface area contributed by atoms with Gasteiger partial charge in [0, 0.05) is 5.71 Å². The van der Waals surface area contributed by atoms with E-state index in [2.05, 4.69) is 10.5 Å². The number of amides is 1. The van der Waals surface area contributed by atoms with Crippen molar-refractivity contribution in [2.45, 2.75) is 34.1 Å². The predicted molar refractivity (Wildman–Crippen MR) is 88.3 cm³/mol. The lowest BCUT2D eigenvalue weighted by Gasteiger charge is -2.13. The van der Waals surface area contributed by atoms with Gasteiger partial charge in [0.25, 0.3) is 5.91 Å². The van der Waals surface area contributed by atoms with Gasteiger partial charge in [-0.1, -0.05) is 25.1 Å². The molecule has 0 saturated heterocycles. The minimum Gasteiger partial charge on any atom is -0.483 e. The molecular weight excluding hydrogens is 296 g/mol. The lowest BCUT2D eigenvalue weighted by atomic mass is 10.0. The molecule has 126 valence electrons. The van der Waals surface area contributed by atoms with Gasteiger partial charge in [-0.3, -0.25) is 9.59 Å². The number of hydrogen-bond acceptors (Lipinski definition) is 5. The van der Waals surface area contributed by atoms with E-state index >= 15 is 0 Å². The van der Waals surface area contributed by atoms with Crippen molar-refractivity contribution < 1.29 is 19.1 Å². The fourth-order valence-electron chi connectivity index (χ4n) is 2.00. The van der Waals surface area contributed by atoms with Gasteiger partial charge in [0.15, 0.2) is 6.61 Å². The third-order valence-electron chi connectivity index (χ3n) is 3.29. The summed E-state index contributed by atoms with van der Waals surface area (Å²) < 4.78 is 10.4. The molecule has 0 heterocycles. The van der Waals surface area contributed by atoms with Gasteiger partial charge >= 0.3 is 5.97 Å². The molecular formula is C17H24N2O4. The monoisotopic (exact) mass is 320 g/mol. The highest BCUT2D eigenvalue weighted by molar-refractivity contribution is 6.01. The third-order valence-corrected chi connectivity index (χ3v) is 3.29. The van der Waals surface area contributed by atoms with Crippen LogP contribution in [0.25, 0.3) is 0 Å². The Balaban J connectivity index is 2.53. The molecule has 0 aliphatic carbocycles. The topological polar surface area (TPSA) is 77.0 Å². The second-order valence-electron chi connectivity index (χ2n) is 5.06. The molecule has 1 amide bonds. The fraction of sp³-hybridized carbons (Fsp3) is 0.471. The van der Waals surface area contributed by atoms with E-state index in [1.165, 1.54) is 0 Å². The Morgan fingerprint density at radius 1 is 1.26 bits per heavy atom. The van der Waals surface area contributed by atoms with E-state index in [9.17, 15) is 9.59 Å². The van der Waals surface area contributed by atoms with E-state index in [4.69, 9.17) is 9.47 Å². The number of carbonyl (C=O) groups excluding carboxylic acids is 2. The van der Waals surface area contributed by atoms with Gasteiger partial charge in [0.05, 0.1) is 12.5 Å². The number of rotatable bonds is 8. The first kappa shape index (κ1) is 18.7. The summed E-state index contributed by atoms with van der Waals surface area (Å²) in [6.45, 7) is 7.39. The number of carbonyl (C=O) groups is 2. The summed E-state index contributed by atoms with van der Waals surface area (Å²) in [4.78, 5) is 23.5. The molecule has 0 aliphatic rings. The van der Waals surface area contributed by atoms with E-state index in [1.807, 2.05) is 32.0 Å². The van der Waals surface area contributed by atoms with Gasteiger partial charge in [-0.15, -0.1) is 0 Å². The molecule has 6 heteroatoms. The van der Waals surface area contributed by atoms with Crippen LogP contribution >= 0.6 is 0 Å². The minimum atomic E-state index is -0.451. The van der Waals surface area contributed by atoms with Crippen molar-refractivity contribution in [3.05, 3.63) is 29.8 Å². The van der Waals surface area contributed by atoms with E-state index in [1.54, 1.807) is 19.9 Å². The second-order valence-corrected chi connectivity index (χ2v) is 5.06. The van der Waals surface area contributed by atoms with Crippen molar-refractivity contribution in [3.8, 4) is 5.75 Å². The molecule has 0 unspecified atom stereocenters. The fourth-order valence-corrected chi connectivity index (χ4v) is 2.00. The quantitative estimate of drug-likeness (QED) is 0.453. The average molecular weight is 320 g/mol. The third kappa shape index (κ3) is 6.10. The molecule has 0 saturated carbocycles. The number of nitrogens with zero attached hydrogens (tertiary/aromatic N) is 1. The highest BCUT2D eigenvalue weighted by atomic mass is 16.5. The normalized spacial score (nSPS) is 12.4. The van der Waals surface area contributed by atoms with E-state index in [0.29, 0.717) is 24.5 Å². The van der Waals surface area contributed by atoms with Crippen LogP contribution < -0.4 is 10.2 Å². The standard InChI is InChI=1S/C17H24N2O4/c1-5-14(17(21)22-6-2)13(4)18-19-16(20)11-23-15-10-8-7-9-12(15)3/h7-10,14H,5-6,11H2,1-4H3,(H,19,20)/b18-13-/t14-/m0/s1. The number of hydrogen-bond donors (Lipinski definition) is 1. The zero-order valence-electron chi connectivity index (χ0n) is 14.1. The molecule has 0 radical (unpaired) electrons. The van der Waals surface area contributed by atoms with Crippen molar-refractivity contribution in [2.75, 3.05) is 13.2 Å². The highest BCUT2D eigenvalue weighted by Crippen LogP contribution is 2.15. The molecule has 0 aromatic heterocycles. The lowest BCUT2D eigenvalue weighted by Crippen LogP contribution is -2.29. The molecule has 0 fully saturated rings. The van der Waals surface area contributed by atoms with Crippen LogP contribution in [0.5, 0.6) is 5.75 Å². The SMILES string of the molecule is CCOC(=O)[C@@H](CC)/C(C)=N\NC(=O)COc1ccccc1C. The Morgan fingerprint density at radius 2 is 1.96 bits per heavy atom. The summed E-state index contributed by atoms with van der Waals surface area (Å²) in [6.07, 6.45) is 0.559. The molecule has 6 nitrogen and oxygen atoms in total. The maximum absolute atomic E-state index is 11.8. The first-order valence-corrected chi connectivity index (χ1v) is 7.67. The first-order chi connectivity index (χ1) is 11.0. The number of hydrazone groups is 1. The number of para-hydroxylation sites is 1. The highest BCUT2D eigenvalue weighted by Gasteiger charge is 2.21. The van der Waals surface area contributed by atoms with Crippen molar-refractivity contribution >= 4 is 17.6 Å². The Bertz CT molecular complexity index is 569. The Labute approximate surface area is 136 Å². The van der Waals surface area contributed by atoms with Crippen LogP contribution in [0.3, 0.4) is 0 Å². The molecule has 23 heavy (non-hydrogen) atoms. The van der Waals surface area contributed by atoms with Crippen molar-refractivity contribution in [2.24, 2.45) is 11.0 Å². The number of esters is 1. The van der Waals surface area contributed by atoms with Gasteiger partial charge in [0.2, 0.25) is 0 Å². The van der Waals surface area contributed by atoms with Gasteiger partial charge in [-0.25, -0.2) is 5.43 Å². The second kappa shape index (κ2) is 9.61. The molecule has 1 rings (SSSR count). The van der Waals surface area contributed by atoms with Crippen LogP contribution in [0, 0.1) is 12.8 Å². The van der Waals surface area contributed by atoms with Gasteiger partial charge < -0.3 is 9.47 Å². The molecule has 1 atom stereocenters. The van der Waals surface area contributed by atoms with Crippen molar-refractivity contribution in [1.82, 2.24) is 5.43 Å². The number of aryl methyl sites for hydroxylation is 1. The summed E-state index contributed by atoms with van der Waals surface area (Å²) in [7, 11) is 0. The van der Waals surface area contributed by atoms with Crippen LogP contribution in [0.1, 0.15) is 32.8 Å². The number of ether oxygens (including phenoxy) is 2. The van der Waals surface area contributed by atoms with E-state index in [0.717, 1.165) is 5.56 Å². The largest absolute Gasteiger partial charge is 0.483 e. The summed E-state index contributed by atoms with van der Waals surface area (Å²) in [6, 6.07) is 7.44. The zero-order valence-corrected chi connectivity index (χ0v) is 14.1. The zero-order chi connectivity index (χ0) is 17.2. The van der Waals surface area contributed by atoms with Gasteiger partial charge in [-0.2, -0.15) is 5.10 Å². The molecule has 0 bridgehead atoms. The Morgan fingerprint density at radius 3 is 2.57 bits per heavy atom. The van der Waals surface area contributed by atoms with Gasteiger partial charge in [-0.05, 0) is 38.8 Å². The summed E-state index contributed by atoms with van der Waals surface area (Å²) in [5.74, 6) is -0.512. The summed E-state index contributed by atoms with van der Waals surface area (Å²) in [5, 5.41) is 3.97. The van der Waals surface area contributed by atoms with Crippen LogP contribution in [0.2, 0.25) is 0 Å². The van der Waals surface area contributed by atoms with Crippen LogP contribution in [0.4, 0.5) is 0 Å². The van der Waals surface area contributed by atoms with Crippen LogP contribution in [-0.4, -0.2) is 30.8 Å². The molecule has 0 aliphatic heterocycles. The van der Waals surface area contributed by atoms with Crippen LogP contribution in [0.15, 0.2) is 29.4 Å². The predicted octanol–water partition coefficient (Wildman–Crippen LogP) is 2.46. The molecule has 1 aromatic rings. The average Bonchev–Trinajstić information content (AvgIpc) is 2.53. The minimum absolute atomic E-state index is 0.141. The lowest BCUT2D eigenvalue weighted by molar-refractivity contribution is -0.145. The number of benzene rings is 1. The first-order valence-electron chi connectivity index (χ1n) is 7.67. The Kier molecular flexibility index (Phi) is 7.80. The van der Waals surface area contributed by atoms with E-state index < -0.39 is 5.92 Å². The van der Waals surface area contributed by atoms with E-state index in [-0.39, 0.29) is 18.5 Å². The molecule has 0 spiro atoms. The van der Waals surface area contributed by atoms with Crippen molar-refractivity contribution in [1.29, 1.82) is 0 Å². The summed E-state index contributed by atoms with van der Waals surface area (Å²) >= 11 is 0. The number of nitrogens with one attached hydrogen (secondary N) is 1.